The molecule has 1 atom stereocenters. The monoisotopic (exact) mass is 332 g/mol. The Bertz CT molecular complexity index is 895. The zero-order chi connectivity index (χ0) is 18.2. The van der Waals surface area contributed by atoms with E-state index in [1.807, 2.05) is 6.92 Å². The van der Waals surface area contributed by atoms with Crippen LogP contribution in [0.2, 0.25) is 0 Å². The number of rotatable bonds is 4. The minimum Gasteiger partial charge on any atom is -0.339 e. The smallest absolute Gasteiger partial charge is 0.332 e. The quantitative estimate of drug-likeness (QED) is 0.841. The van der Waals surface area contributed by atoms with Gasteiger partial charge in [0.15, 0.2) is 0 Å². The molecule has 0 aliphatic rings. The Labute approximate surface area is 140 Å². The molecule has 0 fully saturated rings. The van der Waals surface area contributed by atoms with Crippen LogP contribution in [0.4, 0.5) is 0 Å². The van der Waals surface area contributed by atoms with Crippen LogP contribution >= 0.6 is 0 Å². The molecule has 2 heterocycles. The molecule has 2 aromatic heterocycles. The van der Waals surface area contributed by atoms with Crippen LogP contribution in [-0.4, -0.2) is 38.0 Å². The van der Waals surface area contributed by atoms with Gasteiger partial charge in [0, 0.05) is 33.4 Å². The molecule has 2 aromatic rings. The Balaban J connectivity index is 2.50. The highest BCUT2D eigenvalue weighted by atomic mass is 16.2. The molecule has 0 saturated heterocycles. The fraction of sp³-hybridized carbons (Fsp3) is 0.529. The van der Waals surface area contributed by atoms with E-state index in [9.17, 15) is 14.4 Å². The third-order valence-corrected chi connectivity index (χ3v) is 4.33. The normalized spacial score (nSPS) is 12.6. The molecular weight excluding hydrogens is 308 g/mol. The van der Waals surface area contributed by atoms with Gasteiger partial charge in [-0.3, -0.25) is 18.7 Å². The zero-order valence-electron chi connectivity index (χ0n) is 15.0. The van der Waals surface area contributed by atoms with Crippen LogP contribution in [0, 0.1) is 5.92 Å². The van der Waals surface area contributed by atoms with Gasteiger partial charge in [0.05, 0.1) is 10.9 Å². The lowest BCUT2D eigenvalue weighted by molar-refractivity contribution is 0.0728. The van der Waals surface area contributed by atoms with Crippen molar-refractivity contribution in [3.63, 3.8) is 0 Å². The second kappa shape index (κ2) is 6.59. The van der Waals surface area contributed by atoms with E-state index in [-0.39, 0.29) is 23.0 Å². The molecule has 130 valence electrons. The summed E-state index contributed by atoms with van der Waals surface area (Å²) in [6, 6.07) is 1.60. The molecule has 0 saturated carbocycles. The van der Waals surface area contributed by atoms with Crippen LogP contribution in [0.25, 0.3) is 11.0 Å². The van der Waals surface area contributed by atoms with E-state index >= 15 is 0 Å². The number of hydrogen-bond donors (Lipinski definition) is 0. The van der Waals surface area contributed by atoms with Crippen LogP contribution in [0.3, 0.4) is 0 Å². The number of aromatic nitrogens is 3. The van der Waals surface area contributed by atoms with E-state index < -0.39 is 11.2 Å². The number of carbonyl (C=O) groups is 1. The summed E-state index contributed by atoms with van der Waals surface area (Å²) in [4.78, 5) is 42.7. The first-order valence-electron chi connectivity index (χ1n) is 7.98. The molecule has 1 amide bonds. The lowest BCUT2D eigenvalue weighted by Crippen LogP contribution is -2.38. The molecule has 0 aliphatic heterocycles. The highest BCUT2D eigenvalue weighted by molar-refractivity contribution is 5.96. The minimum atomic E-state index is -0.451. The number of hydrogen-bond acceptors (Lipinski definition) is 4. The van der Waals surface area contributed by atoms with Crippen LogP contribution in [0.15, 0.2) is 21.9 Å². The predicted molar refractivity (Wildman–Crippen MR) is 93.2 cm³/mol. The molecule has 0 radical (unpaired) electrons. The van der Waals surface area contributed by atoms with Crippen molar-refractivity contribution < 1.29 is 4.79 Å². The van der Waals surface area contributed by atoms with Crippen molar-refractivity contribution in [1.29, 1.82) is 0 Å². The average molecular weight is 332 g/mol. The number of pyridine rings is 1. The third-order valence-electron chi connectivity index (χ3n) is 4.33. The van der Waals surface area contributed by atoms with Crippen LogP contribution in [-0.2, 0) is 14.1 Å². The van der Waals surface area contributed by atoms with Gasteiger partial charge in [0.1, 0.15) is 5.65 Å². The number of carbonyl (C=O) groups excluding carboxylic acids is 1. The largest absolute Gasteiger partial charge is 0.339 e. The number of fused-ring (bicyclic) bond motifs is 1. The fourth-order valence-corrected chi connectivity index (χ4v) is 2.83. The molecular formula is C17H24N4O3. The molecule has 0 unspecified atom stereocenters. The van der Waals surface area contributed by atoms with Gasteiger partial charge in [0.25, 0.3) is 11.5 Å². The van der Waals surface area contributed by atoms with Crippen molar-refractivity contribution in [3.8, 4) is 0 Å². The van der Waals surface area contributed by atoms with E-state index in [4.69, 9.17) is 0 Å². The summed E-state index contributed by atoms with van der Waals surface area (Å²) in [5.41, 5.74) is -0.274. The molecule has 0 bridgehead atoms. The van der Waals surface area contributed by atoms with Crippen molar-refractivity contribution in [2.24, 2.45) is 20.0 Å². The zero-order valence-corrected chi connectivity index (χ0v) is 15.0. The molecule has 0 spiro atoms. The van der Waals surface area contributed by atoms with Gasteiger partial charge in [-0.05, 0) is 25.3 Å². The van der Waals surface area contributed by atoms with E-state index in [0.717, 1.165) is 11.0 Å². The molecule has 2 rings (SSSR count). The number of amides is 1. The van der Waals surface area contributed by atoms with E-state index in [0.29, 0.717) is 11.5 Å². The second-order valence-corrected chi connectivity index (χ2v) is 6.70. The van der Waals surface area contributed by atoms with Gasteiger partial charge in [0.2, 0.25) is 0 Å². The topological polar surface area (TPSA) is 77.2 Å². The Morgan fingerprint density at radius 3 is 2.42 bits per heavy atom. The summed E-state index contributed by atoms with van der Waals surface area (Å²) in [5.74, 6) is 0.292. The van der Waals surface area contributed by atoms with Crippen LogP contribution < -0.4 is 11.2 Å². The lowest BCUT2D eigenvalue weighted by atomic mass is 10.0. The first-order chi connectivity index (χ1) is 11.1. The maximum Gasteiger partial charge on any atom is 0.332 e. The van der Waals surface area contributed by atoms with Crippen molar-refractivity contribution in [1.82, 2.24) is 19.0 Å². The van der Waals surface area contributed by atoms with E-state index in [1.54, 1.807) is 19.0 Å². The summed E-state index contributed by atoms with van der Waals surface area (Å²) in [7, 11) is 4.71. The minimum absolute atomic E-state index is 0.0798. The van der Waals surface area contributed by atoms with Gasteiger partial charge in [-0.1, -0.05) is 13.8 Å². The predicted octanol–water partition coefficient (Wildman–Crippen LogP) is 1.14. The molecule has 24 heavy (non-hydrogen) atoms. The molecule has 7 heteroatoms. The second-order valence-electron chi connectivity index (χ2n) is 6.70. The molecule has 7 nitrogen and oxygen atoms in total. The van der Waals surface area contributed by atoms with Gasteiger partial charge in [-0.25, -0.2) is 9.78 Å². The summed E-state index contributed by atoms with van der Waals surface area (Å²) in [5, 5.41) is 0.260. The van der Waals surface area contributed by atoms with Gasteiger partial charge in [-0.2, -0.15) is 0 Å². The number of aryl methyl sites for hydroxylation is 1. The lowest BCUT2D eigenvalue weighted by Gasteiger charge is -2.26. The van der Waals surface area contributed by atoms with Crippen molar-refractivity contribution in [2.75, 3.05) is 7.05 Å². The Hall–Kier alpha value is -2.44. The number of nitrogens with zero attached hydrogens (tertiary/aromatic N) is 4. The van der Waals surface area contributed by atoms with E-state index in [1.165, 1.54) is 23.9 Å². The Morgan fingerprint density at radius 1 is 1.21 bits per heavy atom. The van der Waals surface area contributed by atoms with Gasteiger partial charge in [-0.15, -0.1) is 0 Å². The summed E-state index contributed by atoms with van der Waals surface area (Å²) >= 11 is 0. The first kappa shape index (κ1) is 17.9. The van der Waals surface area contributed by atoms with Gasteiger partial charge < -0.3 is 4.90 Å². The van der Waals surface area contributed by atoms with Gasteiger partial charge >= 0.3 is 5.69 Å². The van der Waals surface area contributed by atoms with Crippen LogP contribution in [0.5, 0.6) is 0 Å². The van der Waals surface area contributed by atoms with Crippen molar-refractivity contribution in [2.45, 2.75) is 33.2 Å². The standard InChI is InChI=1S/C17H24N4O3/c1-10(2)7-11(3)19(4)15(22)12-8-13-14(18-9-12)20(5)17(24)21(6)16(13)23/h8-11H,7H2,1-6H3/t11-/m0/s1. The average Bonchev–Trinajstić information content (AvgIpc) is 2.55. The Morgan fingerprint density at radius 2 is 1.83 bits per heavy atom. The highest BCUT2D eigenvalue weighted by Gasteiger charge is 2.20. The van der Waals surface area contributed by atoms with Crippen molar-refractivity contribution >= 4 is 16.9 Å². The SMILES string of the molecule is CC(C)C[C@H](C)N(C)C(=O)c1cnc2c(c1)c(=O)n(C)c(=O)n2C. The third kappa shape index (κ3) is 3.11. The van der Waals surface area contributed by atoms with Crippen molar-refractivity contribution in [3.05, 3.63) is 38.7 Å². The summed E-state index contributed by atoms with van der Waals surface area (Å²) in [6.45, 7) is 6.21. The maximum atomic E-state index is 12.7. The van der Waals surface area contributed by atoms with E-state index in [2.05, 4.69) is 18.8 Å². The molecule has 0 aliphatic carbocycles. The summed E-state index contributed by atoms with van der Waals surface area (Å²) in [6.07, 6.45) is 2.31. The Kier molecular flexibility index (Phi) is 4.91. The fourth-order valence-electron chi connectivity index (χ4n) is 2.83. The molecule has 0 aromatic carbocycles. The highest BCUT2D eigenvalue weighted by Crippen LogP contribution is 2.14. The van der Waals surface area contributed by atoms with Crippen LogP contribution in [0.1, 0.15) is 37.6 Å². The summed E-state index contributed by atoms with van der Waals surface area (Å²) < 4.78 is 2.32. The first-order valence-corrected chi connectivity index (χ1v) is 7.98. The maximum absolute atomic E-state index is 12.7. The molecule has 0 N–H and O–H groups in total.